The molecule has 116 valence electrons. The number of aromatic hydroxyl groups is 1. The Labute approximate surface area is 133 Å². The third-order valence-corrected chi connectivity index (χ3v) is 2.94. The first kappa shape index (κ1) is 15.9. The maximum atomic E-state index is 12.0. The standard InChI is InChI=1S/C17H15N3O3/c1-23-16-4-2-3-14(9-16)19-11-12(10-18)17(22)20-13-5-7-15(21)8-6-13/h2-9,11,19,21H,1H3,(H,20,22)/b12-11-. The molecule has 0 heterocycles. The van der Waals surface area contributed by atoms with E-state index in [-0.39, 0.29) is 11.3 Å². The van der Waals surface area contributed by atoms with E-state index in [1.807, 2.05) is 6.07 Å². The fourth-order valence-corrected chi connectivity index (χ4v) is 1.76. The zero-order chi connectivity index (χ0) is 16.7. The maximum absolute atomic E-state index is 12.0. The molecule has 0 saturated heterocycles. The van der Waals surface area contributed by atoms with Crippen molar-refractivity contribution in [2.45, 2.75) is 0 Å². The molecule has 0 radical (unpaired) electrons. The summed E-state index contributed by atoms with van der Waals surface area (Å²) in [5.41, 5.74) is 1.09. The second kappa shape index (κ2) is 7.52. The molecule has 2 rings (SSSR count). The highest BCUT2D eigenvalue weighted by Crippen LogP contribution is 2.17. The Morgan fingerprint density at radius 3 is 2.61 bits per heavy atom. The van der Waals surface area contributed by atoms with E-state index in [2.05, 4.69) is 10.6 Å². The van der Waals surface area contributed by atoms with Gasteiger partial charge < -0.3 is 20.5 Å². The first-order valence-corrected chi connectivity index (χ1v) is 6.73. The summed E-state index contributed by atoms with van der Waals surface area (Å²) in [6.45, 7) is 0. The molecule has 0 fully saturated rings. The second-order valence-electron chi connectivity index (χ2n) is 4.55. The lowest BCUT2D eigenvalue weighted by Crippen LogP contribution is -2.14. The van der Waals surface area contributed by atoms with Crippen molar-refractivity contribution in [3.8, 4) is 17.6 Å². The van der Waals surface area contributed by atoms with Crippen LogP contribution >= 0.6 is 0 Å². The average Bonchev–Trinajstić information content (AvgIpc) is 2.57. The van der Waals surface area contributed by atoms with Gasteiger partial charge >= 0.3 is 0 Å². The van der Waals surface area contributed by atoms with Gasteiger partial charge in [0.2, 0.25) is 0 Å². The van der Waals surface area contributed by atoms with Crippen molar-refractivity contribution in [2.24, 2.45) is 0 Å². The van der Waals surface area contributed by atoms with Crippen LogP contribution in [0.5, 0.6) is 11.5 Å². The van der Waals surface area contributed by atoms with Gasteiger partial charge in [-0.2, -0.15) is 5.26 Å². The number of benzene rings is 2. The molecule has 0 aliphatic carbocycles. The Hall–Kier alpha value is -3.46. The fraction of sp³-hybridized carbons (Fsp3) is 0.0588. The number of nitrogens with one attached hydrogen (secondary N) is 2. The number of nitrogens with zero attached hydrogens (tertiary/aromatic N) is 1. The predicted molar refractivity (Wildman–Crippen MR) is 87.0 cm³/mol. The predicted octanol–water partition coefficient (Wildman–Crippen LogP) is 2.86. The molecule has 23 heavy (non-hydrogen) atoms. The Morgan fingerprint density at radius 1 is 1.22 bits per heavy atom. The fourth-order valence-electron chi connectivity index (χ4n) is 1.76. The van der Waals surface area contributed by atoms with Crippen LogP contribution in [0.3, 0.4) is 0 Å². The van der Waals surface area contributed by atoms with Crippen molar-refractivity contribution in [2.75, 3.05) is 17.7 Å². The molecule has 0 saturated carbocycles. The minimum atomic E-state index is -0.548. The van der Waals surface area contributed by atoms with E-state index >= 15 is 0 Å². The number of ether oxygens (including phenoxy) is 1. The smallest absolute Gasteiger partial charge is 0.267 e. The van der Waals surface area contributed by atoms with Crippen LogP contribution < -0.4 is 15.4 Å². The summed E-state index contributed by atoms with van der Waals surface area (Å²) in [5.74, 6) is 0.211. The van der Waals surface area contributed by atoms with Crippen molar-refractivity contribution in [3.05, 3.63) is 60.3 Å². The summed E-state index contributed by atoms with van der Waals surface area (Å²) in [4.78, 5) is 12.0. The van der Waals surface area contributed by atoms with Gasteiger partial charge in [0.15, 0.2) is 0 Å². The van der Waals surface area contributed by atoms with Crippen LogP contribution in [0.25, 0.3) is 0 Å². The number of carbonyl (C=O) groups is 1. The van der Waals surface area contributed by atoms with E-state index in [4.69, 9.17) is 10.00 Å². The Morgan fingerprint density at radius 2 is 1.96 bits per heavy atom. The van der Waals surface area contributed by atoms with Gasteiger partial charge in [0, 0.05) is 23.6 Å². The first-order valence-electron chi connectivity index (χ1n) is 6.73. The number of anilines is 2. The SMILES string of the molecule is COc1cccc(N/C=C(/C#N)C(=O)Nc2ccc(O)cc2)c1. The van der Waals surface area contributed by atoms with Gasteiger partial charge in [-0.25, -0.2) is 0 Å². The van der Waals surface area contributed by atoms with Crippen LogP contribution in [0, 0.1) is 11.3 Å². The molecule has 1 amide bonds. The lowest BCUT2D eigenvalue weighted by atomic mass is 10.2. The molecule has 0 aromatic heterocycles. The number of carbonyl (C=O) groups excluding carboxylic acids is 1. The van der Waals surface area contributed by atoms with Gasteiger partial charge in [-0.3, -0.25) is 4.79 Å². The highest BCUT2D eigenvalue weighted by atomic mass is 16.5. The zero-order valence-corrected chi connectivity index (χ0v) is 12.4. The highest BCUT2D eigenvalue weighted by Gasteiger charge is 2.09. The molecule has 0 aliphatic heterocycles. The molecule has 2 aromatic rings. The quantitative estimate of drug-likeness (QED) is 0.448. The average molecular weight is 309 g/mol. The van der Waals surface area contributed by atoms with Crippen LogP contribution in [0.4, 0.5) is 11.4 Å². The number of nitriles is 1. The molecular weight excluding hydrogens is 294 g/mol. The normalized spacial score (nSPS) is 10.5. The van der Waals surface area contributed by atoms with E-state index in [1.165, 1.54) is 30.5 Å². The van der Waals surface area contributed by atoms with Gasteiger partial charge in [0.05, 0.1) is 7.11 Å². The van der Waals surface area contributed by atoms with Crippen LogP contribution in [0.15, 0.2) is 60.3 Å². The summed E-state index contributed by atoms with van der Waals surface area (Å²) in [5, 5.41) is 23.8. The molecule has 0 spiro atoms. The van der Waals surface area contributed by atoms with Crippen LogP contribution in [0.2, 0.25) is 0 Å². The Bertz CT molecular complexity index is 761. The lowest BCUT2D eigenvalue weighted by molar-refractivity contribution is -0.112. The summed E-state index contributed by atoms with van der Waals surface area (Å²) < 4.78 is 5.10. The summed E-state index contributed by atoms with van der Waals surface area (Å²) in [6.07, 6.45) is 1.32. The van der Waals surface area contributed by atoms with E-state index in [9.17, 15) is 9.90 Å². The lowest BCUT2D eigenvalue weighted by Gasteiger charge is -2.06. The van der Waals surface area contributed by atoms with Gasteiger partial charge in [-0.1, -0.05) is 6.07 Å². The molecule has 6 nitrogen and oxygen atoms in total. The van der Waals surface area contributed by atoms with E-state index in [1.54, 1.807) is 31.4 Å². The number of rotatable bonds is 5. The van der Waals surface area contributed by atoms with Gasteiger partial charge in [0.25, 0.3) is 5.91 Å². The van der Waals surface area contributed by atoms with E-state index < -0.39 is 5.91 Å². The zero-order valence-electron chi connectivity index (χ0n) is 12.4. The van der Waals surface area contributed by atoms with Gasteiger partial charge in [-0.15, -0.1) is 0 Å². The maximum Gasteiger partial charge on any atom is 0.267 e. The summed E-state index contributed by atoms with van der Waals surface area (Å²) >= 11 is 0. The number of phenolic OH excluding ortho intramolecular Hbond substituents is 1. The summed E-state index contributed by atoms with van der Waals surface area (Å²) in [6, 6.07) is 14.9. The van der Waals surface area contributed by atoms with Gasteiger partial charge in [0.1, 0.15) is 23.1 Å². The molecule has 0 aliphatic rings. The van der Waals surface area contributed by atoms with Crippen molar-refractivity contribution in [1.82, 2.24) is 0 Å². The number of phenols is 1. The van der Waals surface area contributed by atoms with Crippen LogP contribution in [0.1, 0.15) is 0 Å². The topological polar surface area (TPSA) is 94.4 Å². The molecule has 0 bridgehead atoms. The molecular formula is C17H15N3O3. The highest BCUT2D eigenvalue weighted by molar-refractivity contribution is 6.06. The van der Waals surface area contributed by atoms with Crippen molar-refractivity contribution in [1.29, 1.82) is 5.26 Å². The minimum Gasteiger partial charge on any atom is -0.508 e. The Balaban J connectivity index is 2.07. The monoisotopic (exact) mass is 309 g/mol. The van der Waals surface area contributed by atoms with Crippen LogP contribution in [-0.2, 0) is 4.79 Å². The second-order valence-corrected chi connectivity index (χ2v) is 4.55. The molecule has 6 heteroatoms. The Kier molecular flexibility index (Phi) is 5.21. The van der Waals surface area contributed by atoms with E-state index in [0.717, 1.165) is 0 Å². The summed E-state index contributed by atoms with van der Waals surface area (Å²) in [7, 11) is 1.56. The number of hydrogen-bond donors (Lipinski definition) is 3. The third-order valence-electron chi connectivity index (χ3n) is 2.94. The van der Waals surface area contributed by atoms with Crippen molar-refractivity contribution < 1.29 is 14.6 Å². The molecule has 0 unspecified atom stereocenters. The molecule has 2 aromatic carbocycles. The van der Waals surface area contributed by atoms with Gasteiger partial charge in [-0.05, 0) is 36.4 Å². The number of amides is 1. The van der Waals surface area contributed by atoms with Crippen molar-refractivity contribution in [3.63, 3.8) is 0 Å². The molecule has 0 atom stereocenters. The number of methoxy groups -OCH3 is 1. The first-order chi connectivity index (χ1) is 11.1. The third kappa shape index (κ3) is 4.51. The van der Waals surface area contributed by atoms with Crippen molar-refractivity contribution >= 4 is 17.3 Å². The minimum absolute atomic E-state index is 0.0825. The largest absolute Gasteiger partial charge is 0.508 e. The molecule has 3 N–H and O–H groups in total. The number of hydrogen-bond acceptors (Lipinski definition) is 5. The van der Waals surface area contributed by atoms with E-state index in [0.29, 0.717) is 17.1 Å². The van der Waals surface area contributed by atoms with Crippen LogP contribution in [-0.4, -0.2) is 18.1 Å².